The molecule has 0 aliphatic carbocycles. The molecule has 0 aliphatic rings. The average molecular weight is 336 g/mol. The highest BCUT2D eigenvalue weighted by Crippen LogP contribution is 2.48. The van der Waals surface area contributed by atoms with Gasteiger partial charge >= 0.3 is 0 Å². The van der Waals surface area contributed by atoms with Crippen LogP contribution in [0, 0.1) is 0 Å². The summed E-state index contributed by atoms with van der Waals surface area (Å²) in [6.45, 7) is 1.57. The Hall–Kier alpha value is 0.140. The SMILES string of the molecule is CCC(=O)COc1c(Cl)c(Cl)c(Cl)c(Cl)c1Cl. The lowest BCUT2D eigenvalue weighted by atomic mass is 10.3. The predicted octanol–water partition coefficient (Wildman–Crippen LogP) is 5.31. The molecule has 0 aliphatic heterocycles. The van der Waals surface area contributed by atoms with Crippen LogP contribution < -0.4 is 4.74 Å². The number of ether oxygens (including phenoxy) is 1. The van der Waals surface area contributed by atoms with Crippen molar-refractivity contribution in [1.29, 1.82) is 0 Å². The van der Waals surface area contributed by atoms with Crippen LogP contribution in [0.3, 0.4) is 0 Å². The molecule has 0 fully saturated rings. The van der Waals surface area contributed by atoms with Gasteiger partial charge in [0.2, 0.25) is 0 Å². The maximum Gasteiger partial charge on any atom is 0.169 e. The molecule has 2 nitrogen and oxygen atoms in total. The first-order valence-electron chi connectivity index (χ1n) is 4.56. The summed E-state index contributed by atoms with van der Waals surface area (Å²) < 4.78 is 5.20. The first-order chi connectivity index (χ1) is 7.90. The number of halogens is 5. The van der Waals surface area contributed by atoms with Gasteiger partial charge in [0.1, 0.15) is 16.7 Å². The molecule has 0 radical (unpaired) electrons. The molecule has 0 bridgehead atoms. The van der Waals surface area contributed by atoms with Gasteiger partial charge in [0.05, 0.1) is 15.1 Å². The van der Waals surface area contributed by atoms with E-state index in [1.165, 1.54) is 0 Å². The first kappa shape index (κ1) is 15.2. The van der Waals surface area contributed by atoms with E-state index < -0.39 is 0 Å². The summed E-state index contributed by atoms with van der Waals surface area (Å²) in [6, 6.07) is 0. The van der Waals surface area contributed by atoms with Gasteiger partial charge in [-0.2, -0.15) is 0 Å². The fourth-order valence-corrected chi connectivity index (χ4v) is 2.20. The van der Waals surface area contributed by atoms with Crippen molar-refractivity contribution in [3.8, 4) is 5.75 Å². The van der Waals surface area contributed by atoms with Crippen molar-refractivity contribution in [3.05, 3.63) is 25.1 Å². The summed E-state index contributed by atoms with van der Waals surface area (Å²) in [4.78, 5) is 11.1. The van der Waals surface area contributed by atoms with Crippen LogP contribution in [-0.4, -0.2) is 12.4 Å². The normalized spacial score (nSPS) is 10.5. The molecule has 0 heterocycles. The highest BCUT2D eigenvalue weighted by molar-refractivity contribution is 6.55. The summed E-state index contributed by atoms with van der Waals surface area (Å²) in [5.41, 5.74) is 0. The minimum atomic E-state index is -0.149. The number of Topliss-reactive ketones (excluding diaryl/α,β-unsaturated/α-hetero) is 1. The van der Waals surface area contributed by atoms with Gasteiger partial charge in [-0.15, -0.1) is 0 Å². The van der Waals surface area contributed by atoms with Crippen LogP contribution in [0.5, 0.6) is 5.75 Å². The standard InChI is InChI=1S/C10H7Cl5O2/c1-2-4(16)3-17-10-8(14)6(12)5(11)7(13)9(10)15/h2-3H2,1H3. The lowest BCUT2D eigenvalue weighted by Crippen LogP contribution is -2.10. The Labute approximate surface area is 124 Å². The van der Waals surface area contributed by atoms with E-state index in [-0.39, 0.29) is 43.3 Å². The van der Waals surface area contributed by atoms with Crippen LogP contribution in [0.1, 0.15) is 13.3 Å². The molecule has 1 rings (SSSR count). The number of hydrogen-bond acceptors (Lipinski definition) is 2. The molecule has 7 heteroatoms. The zero-order valence-corrected chi connectivity index (χ0v) is 12.4. The Kier molecular flexibility index (Phi) is 5.68. The van der Waals surface area contributed by atoms with Crippen molar-refractivity contribution in [2.75, 3.05) is 6.61 Å². The molecule has 0 saturated carbocycles. The fraction of sp³-hybridized carbons (Fsp3) is 0.300. The zero-order valence-electron chi connectivity index (χ0n) is 8.62. The van der Waals surface area contributed by atoms with Gasteiger partial charge in [-0.25, -0.2) is 0 Å². The molecule has 0 unspecified atom stereocenters. The Morgan fingerprint density at radius 1 is 0.941 bits per heavy atom. The van der Waals surface area contributed by atoms with Gasteiger partial charge in [0.15, 0.2) is 11.5 Å². The topological polar surface area (TPSA) is 26.3 Å². The zero-order chi connectivity index (χ0) is 13.2. The van der Waals surface area contributed by atoms with Crippen LogP contribution in [0.25, 0.3) is 0 Å². The molecule has 1 aromatic carbocycles. The van der Waals surface area contributed by atoms with Gasteiger partial charge in [-0.3, -0.25) is 4.79 Å². The third-order valence-electron chi connectivity index (χ3n) is 1.94. The number of rotatable bonds is 4. The Balaban J connectivity index is 3.12. The van der Waals surface area contributed by atoms with Crippen LogP contribution in [0.15, 0.2) is 0 Å². The van der Waals surface area contributed by atoms with Gasteiger partial charge in [0.25, 0.3) is 0 Å². The summed E-state index contributed by atoms with van der Waals surface area (Å²) in [7, 11) is 0. The Bertz CT molecular complexity index is 429. The fourth-order valence-electron chi connectivity index (χ4n) is 0.966. The Morgan fingerprint density at radius 3 is 1.76 bits per heavy atom. The summed E-state index contributed by atoms with van der Waals surface area (Å²) in [5, 5.41) is 0.214. The molecule has 0 amide bonds. The second-order valence-electron chi connectivity index (χ2n) is 3.08. The predicted molar refractivity (Wildman–Crippen MR) is 72.3 cm³/mol. The maximum atomic E-state index is 11.1. The van der Waals surface area contributed by atoms with Gasteiger partial charge in [-0.05, 0) is 0 Å². The average Bonchev–Trinajstić information content (AvgIpc) is 2.33. The van der Waals surface area contributed by atoms with E-state index in [9.17, 15) is 4.79 Å². The van der Waals surface area contributed by atoms with Crippen molar-refractivity contribution in [2.45, 2.75) is 13.3 Å². The molecule has 17 heavy (non-hydrogen) atoms. The minimum absolute atomic E-state index is 0.0370. The van der Waals surface area contributed by atoms with E-state index in [4.69, 9.17) is 62.7 Å². The number of carbonyl (C=O) groups is 1. The van der Waals surface area contributed by atoms with Crippen molar-refractivity contribution in [1.82, 2.24) is 0 Å². The number of hydrogen-bond donors (Lipinski definition) is 0. The molecule has 94 valence electrons. The summed E-state index contributed by atoms with van der Waals surface area (Å²) in [6.07, 6.45) is 0.351. The lowest BCUT2D eigenvalue weighted by molar-refractivity contribution is -0.120. The van der Waals surface area contributed by atoms with Crippen LogP contribution in [-0.2, 0) is 4.79 Å². The summed E-state index contributed by atoms with van der Waals surface area (Å²) in [5.74, 6) is -0.0335. The molecule has 0 spiro atoms. The lowest BCUT2D eigenvalue weighted by Gasteiger charge is -2.12. The highest BCUT2D eigenvalue weighted by atomic mass is 35.5. The molecule has 0 saturated heterocycles. The third-order valence-corrected chi connectivity index (χ3v) is 4.18. The highest BCUT2D eigenvalue weighted by Gasteiger charge is 2.20. The molecule has 1 aromatic rings. The van der Waals surface area contributed by atoms with Crippen molar-refractivity contribution >= 4 is 63.8 Å². The third kappa shape index (κ3) is 3.33. The van der Waals surface area contributed by atoms with Crippen LogP contribution in [0.4, 0.5) is 0 Å². The number of ketones is 1. The smallest absolute Gasteiger partial charge is 0.169 e. The molecule has 0 atom stereocenters. The monoisotopic (exact) mass is 334 g/mol. The van der Waals surface area contributed by atoms with Crippen molar-refractivity contribution in [2.24, 2.45) is 0 Å². The van der Waals surface area contributed by atoms with Gasteiger partial charge < -0.3 is 4.74 Å². The van der Waals surface area contributed by atoms with E-state index in [0.29, 0.717) is 6.42 Å². The minimum Gasteiger partial charge on any atom is -0.483 e. The van der Waals surface area contributed by atoms with Gasteiger partial charge in [-0.1, -0.05) is 64.9 Å². The molecular weight excluding hydrogens is 329 g/mol. The largest absolute Gasteiger partial charge is 0.483 e. The van der Waals surface area contributed by atoms with E-state index in [2.05, 4.69) is 0 Å². The number of benzene rings is 1. The molecular formula is C10H7Cl5O2. The quantitative estimate of drug-likeness (QED) is 0.550. The van der Waals surface area contributed by atoms with Crippen molar-refractivity contribution in [3.63, 3.8) is 0 Å². The van der Waals surface area contributed by atoms with E-state index in [1.54, 1.807) is 6.92 Å². The van der Waals surface area contributed by atoms with Crippen LogP contribution >= 0.6 is 58.0 Å². The second kappa shape index (κ2) is 6.35. The Morgan fingerprint density at radius 2 is 1.35 bits per heavy atom. The van der Waals surface area contributed by atoms with E-state index >= 15 is 0 Å². The van der Waals surface area contributed by atoms with Crippen molar-refractivity contribution < 1.29 is 9.53 Å². The number of carbonyl (C=O) groups excluding carboxylic acids is 1. The van der Waals surface area contributed by atoms with Gasteiger partial charge in [0, 0.05) is 6.42 Å². The molecule has 0 N–H and O–H groups in total. The van der Waals surface area contributed by atoms with E-state index in [1.807, 2.05) is 0 Å². The summed E-state index contributed by atoms with van der Waals surface area (Å²) >= 11 is 29.3. The van der Waals surface area contributed by atoms with Crippen LogP contribution in [0.2, 0.25) is 25.1 Å². The van der Waals surface area contributed by atoms with E-state index in [0.717, 1.165) is 0 Å². The molecule has 0 aromatic heterocycles. The first-order valence-corrected chi connectivity index (χ1v) is 6.45. The second-order valence-corrected chi connectivity index (χ2v) is 4.97. The maximum absolute atomic E-state index is 11.1.